The van der Waals surface area contributed by atoms with Crippen LogP contribution in [-0.2, 0) is 16.0 Å². The molecule has 2 rings (SSSR count). The summed E-state index contributed by atoms with van der Waals surface area (Å²) < 4.78 is 0. The van der Waals surface area contributed by atoms with E-state index in [1.807, 2.05) is 0 Å². The van der Waals surface area contributed by atoms with Gasteiger partial charge < -0.3 is 0 Å². The van der Waals surface area contributed by atoms with E-state index in [1.54, 1.807) is 11.1 Å². The first-order chi connectivity index (χ1) is 8.33. The van der Waals surface area contributed by atoms with Gasteiger partial charge in [0.05, 0.1) is 0 Å². The molecule has 0 N–H and O–H groups in total. The molecular weight excluding hydrogens is 212 g/mol. The Bertz CT molecular complexity index is 413. The summed E-state index contributed by atoms with van der Waals surface area (Å²) >= 11 is 0. The second-order valence-corrected chi connectivity index (χ2v) is 4.09. The van der Waals surface area contributed by atoms with Crippen LogP contribution in [0.1, 0.15) is 43.7 Å². The molecule has 2 heteroatoms. The van der Waals surface area contributed by atoms with Crippen LogP contribution in [0.4, 0.5) is 0 Å². The maximum atomic E-state index is 8.12. The van der Waals surface area contributed by atoms with E-state index in [4.69, 9.17) is 9.59 Å². The highest BCUT2D eigenvalue weighted by molar-refractivity contribution is 5.68. The fourth-order valence-corrected chi connectivity index (χ4v) is 2.28. The molecule has 2 nitrogen and oxygen atoms in total. The summed E-state index contributed by atoms with van der Waals surface area (Å²) in [5, 5.41) is 0. The quantitative estimate of drug-likeness (QED) is 0.690. The van der Waals surface area contributed by atoms with E-state index in [0.717, 1.165) is 6.42 Å². The molecular formula is C15H18O2. The Morgan fingerprint density at radius 3 is 2.53 bits per heavy atom. The Hall–Kier alpha value is -1.66. The van der Waals surface area contributed by atoms with Crippen molar-refractivity contribution in [2.45, 2.75) is 39.0 Å². The van der Waals surface area contributed by atoms with E-state index < -0.39 is 0 Å². The third-order valence-electron chi connectivity index (χ3n) is 2.96. The summed E-state index contributed by atoms with van der Waals surface area (Å²) in [7, 11) is 0. The van der Waals surface area contributed by atoms with Crippen molar-refractivity contribution in [1.82, 2.24) is 0 Å². The fraction of sp³-hybridized carbons (Fsp3) is 0.400. The zero-order valence-electron chi connectivity index (χ0n) is 10.2. The third kappa shape index (κ3) is 4.01. The monoisotopic (exact) mass is 230 g/mol. The van der Waals surface area contributed by atoms with Crippen molar-refractivity contribution < 1.29 is 9.59 Å². The molecule has 0 saturated carbocycles. The van der Waals surface area contributed by atoms with Crippen molar-refractivity contribution in [2.24, 2.45) is 0 Å². The second kappa shape index (κ2) is 7.59. The van der Waals surface area contributed by atoms with Crippen LogP contribution in [-0.4, -0.2) is 6.15 Å². The fourth-order valence-electron chi connectivity index (χ4n) is 2.28. The highest BCUT2D eigenvalue weighted by Crippen LogP contribution is 2.29. The minimum atomic E-state index is 0.250. The number of aryl methyl sites for hydroxylation is 1. The smallest absolute Gasteiger partial charge is 0.186 e. The van der Waals surface area contributed by atoms with Crippen LogP contribution >= 0.6 is 0 Å². The lowest BCUT2D eigenvalue weighted by molar-refractivity contribution is -0.191. The average Bonchev–Trinajstić information content (AvgIpc) is 2.54. The number of rotatable bonds is 1. The van der Waals surface area contributed by atoms with Crippen LogP contribution < -0.4 is 0 Å². The minimum Gasteiger partial charge on any atom is -0.186 e. The first-order valence-corrected chi connectivity index (χ1v) is 6.10. The predicted molar refractivity (Wildman–Crippen MR) is 67.3 cm³/mol. The van der Waals surface area contributed by atoms with E-state index in [1.165, 1.54) is 31.2 Å². The topological polar surface area (TPSA) is 34.1 Å². The Morgan fingerprint density at radius 1 is 1.18 bits per heavy atom. The molecule has 17 heavy (non-hydrogen) atoms. The lowest BCUT2D eigenvalue weighted by Gasteiger charge is -2.07. The maximum Gasteiger partial charge on any atom is 0.373 e. The molecule has 0 saturated heterocycles. The molecule has 0 spiro atoms. The van der Waals surface area contributed by atoms with Crippen LogP contribution in [0.5, 0.6) is 0 Å². The van der Waals surface area contributed by atoms with Crippen LogP contribution in [0, 0.1) is 0 Å². The number of hydrogen-bond donors (Lipinski definition) is 0. The molecule has 0 atom stereocenters. The van der Waals surface area contributed by atoms with E-state index in [-0.39, 0.29) is 6.15 Å². The molecule has 0 unspecified atom stereocenters. The molecule has 0 fully saturated rings. The van der Waals surface area contributed by atoms with Crippen molar-refractivity contribution in [1.29, 1.82) is 0 Å². The molecule has 0 aromatic heterocycles. The van der Waals surface area contributed by atoms with Gasteiger partial charge in [-0.1, -0.05) is 37.3 Å². The Morgan fingerprint density at radius 2 is 1.82 bits per heavy atom. The van der Waals surface area contributed by atoms with Crippen LogP contribution in [0.3, 0.4) is 0 Å². The van der Waals surface area contributed by atoms with Crippen molar-refractivity contribution >= 4 is 11.7 Å². The van der Waals surface area contributed by atoms with Gasteiger partial charge >= 0.3 is 6.15 Å². The number of allylic oxidation sites excluding steroid dienone is 2. The van der Waals surface area contributed by atoms with Gasteiger partial charge in [0.1, 0.15) is 0 Å². The lowest BCUT2D eigenvalue weighted by atomic mass is 9.98. The summed E-state index contributed by atoms with van der Waals surface area (Å²) in [5.74, 6) is 0. The minimum absolute atomic E-state index is 0.250. The van der Waals surface area contributed by atoms with Crippen LogP contribution in [0.2, 0.25) is 0 Å². The molecule has 0 aliphatic heterocycles. The zero-order valence-corrected chi connectivity index (χ0v) is 10.2. The molecule has 0 bridgehead atoms. The van der Waals surface area contributed by atoms with Crippen molar-refractivity contribution in [3.05, 3.63) is 41.5 Å². The zero-order chi connectivity index (χ0) is 12.5. The SMILES string of the molecule is CCC=C1CCCCc2ccccc21.O=C=O. The first kappa shape index (κ1) is 13.4. The van der Waals surface area contributed by atoms with E-state index >= 15 is 0 Å². The van der Waals surface area contributed by atoms with Crippen LogP contribution in [0.25, 0.3) is 5.57 Å². The van der Waals surface area contributed by atoms with Gasteiger partial charge in [-0.25, -0.2) is 0 Å². The molecule has 90 valence electrons. The summed E-state index contributed by atoms with van der Waals surface area (Å²) in [4.78, 5) is 16.2. The van der Waals surface area contributed by atoms with Gasteiger partial charge in [-0.15, -0.1) is 0 Å². The van der Waals surface area contributed by atoms with Crippen molar-refractivity contribution in [3.63, 3.8) is 0 Å². The maximum absolute atomic E-state index is 8.12. The highest BCUT2D eigenvalue weighted by Gasteiger charge is 2.10. The first-order valence-electron chi connectivity index (χ1n) is 6.10. The van der Waals surface area contributed by atoms with E-state index in [0.29, 0.717) is 0 Å². The molecule has 0 heterocycles. The predicted octanol–water partition coefficient (Wildman–Crippen LogP) is 3.62. The summed E-state index contributed by atoms with van der Waals surface area (Å²) in [6, 6.07) is 8.88. The normalized spacial score (nSPS) is 16.2. The standard InChI is InChI=1S/C14H18.CO2/c1-2-7-12-8-3-4-9-13-10-5-6-11-14(12)13;2-1-3/h5-7,10-11H,2-4,8-9H2,1H3;. The Kier molecular flexibility index (Phi) is 5.98. The number of carbonyl (C=O) groups excluding carboxylic acids is 2. The number of benzene rings is 1. The highest BCUT2D eigenvalue weighted by atomic mass is 16.2. The number of hydrogen-bond acceptors (Lipinski definition) is 2. The van der Waals surface area contributed by atoms with E-state index in [2.05, 4.69) is 37.3 Å². The van der Waals surface area contributed by atoms with Gasteiger partial charge in [-0.2, -0.15) is 9.59 Å². The van der Waals surface area contributed by atoms with Gasteiger partial charge in [0.2, 0.25) is 0 Å². The summed E-state index contributed by atoms with van der Waals surface area (Å²) in [5.41, 5.74) is 4.62. The Labute approximate surface area is 102 Å². The lowest BCUT2D eigenvalue weighted by Crippen LogP contribution is -1.88. The van der Waals surface area contributed by atoms with Gasteiger partial charge in [-0.3, -0.25) is 0 Å². The van der Waals surface area contributed by atoms with Gasteiger partial charge in [0.25, 0.3) is 0 Å². The number of fused-ring (bicyclic) bond motifs is 1. The van der Waals surface area contributed by atoms with Gasteiger partial charge in [0, 0.05) is 0 Å². The van der Waals surface area contributed by atoms with Crippen molar-refractivity contribution in [3.8, 4) is 0 Å². The molecule has 1 aromatic carbocycles. The largest absolute Gasteiger partial charge is 0.373 e. The Balaban J connectivity index is 0.000000437. The van der Waals surface area contributed by atoms with Gasteiger partial charge in [0.15, 0.2) is 0 Å². The molecule has 0 amide bonds. The molecule has 1 aliphatic carbocycles. The molecule has 1 aromatic rings. The molecule has 0 radical (unpaired) electrons. The third-order valence-corrected chi connectivity index (χ3v) is 2.96. The van der Waals surface area contributed by atoms with E-state index in [9.17, 15) is 0 Å². The average molecular weight is 230 g/mol. The van der Waals surface area contributed by atoms with Gasteiger partial charge in [-0.05, 0) is 48.8 Å². The van der Waals surface area contributed by atoms with Crippen LogP contribution in [0.15, 0.2) is 30.3 Å². The van der Waals surface area contributed by atoms with Crippen molar-refractivity contribution in [2.75, 3.05) is 0 Å². The molecule has 1 aliphatic rings. The summed E-state index contributed by atoms with van der Waals surface area (Å²) in [6.07, 6.45) is 9.02. The summed E-state index contributed by atoms with van der Waals surface area (Å²) in [6.45, 7) is 2.22. The second-order valence-electron chi connectivity index (χ2n) is 4.09.